The molecule has 0 radical (unpaired) electrons. The standard InChI is InChI=1S/C11H18ClN3O/c1-3-9(4-2)15(7-8-16)10-5-6-13-11(12)14-10/h5-6,9,16H,3-4,7-8H2,1-2H3. The van der Waals surface area contributed by atoms with Crippen LogP contribution >= 0.6 is 11.6 Å². The average Bonchev–Trinajstić information content (AvgIpc) is 2.29. The SMILES string of the molecule is CCC(CC)N(CCO)c1ccnc(Cl)n1. The smallest absolute Gasteiger partial charge is 0.224 e. The van der Waals surface area contributed by atoms with Crippen molar-refractivity contribution in [3.05, 3.63) is 17.5 Å². The summed E-state index contributed by atoms with van der Waals surface area (Å²) in [4.78, 5) is 10.1. The number of hydrogen-bond donors (Lipinski definition) is 1. The lowest BCUT2D eigenvalue weighted by Crippen LogP contribution is -2.37. The molecular formula is C11H18ClN3O. The van der Waals surface area contributed by atoms with E-state index in [1.54, 1.807) is 6.20 Å². The molecule has 0 saturated heterocycles. The summed E-state index contributed by atoms with van der Waals surface area (Å²) in [6, 6.07) is 2.19. The molecule has 16 heavy (non-hydrogen) atoms. The number of anilines is 1. The average molecular weight is 244 g/mol. The van der Waals surface area contributed by atoms with Crippen LogP contribution in [0, 0.1) is 0 Å². The van der Waals surface area contributed by atoms with E-state index in [4.69, 9.17) is 16.7 Å². The Labute approximate surface area is 101 Å². The van der Waals surface area contributed by atoms with Gasteiger partial charge in [0, 0.05) is 18.8 Å². The normalized spacial score (nSPS) is 10.8. The number of aliphatic hydroxyl groups is 1. The molecule has 0 amide bonds. The zero-order chi connectivity index (χ0) is 12.0. The summed E-state index contributed by atoms with van der Waals surface area (Å²) >= 11 is 5.77. The molecule has 4 nitrogen and oxygen atoms in total. The number of aromatic nitrogens is 2. The Morgan fingerprint density at radius 2 is 2.12 bits per heavy atom. The fourth-order valence-electron chi connectivity index (χ4n) is 1.81. The van der Waals surface area contributed by atoms with Crippen molar-refractivity contribution in [2.45, 2.75) is 32.7 Å². The molecule has 1 rings (SSSR count). The second-order valence-electron chi connectivity index (χ2n) is 3.57. The number of rotatable bonds is 6. The van der Waals surface area contributed by atoms with Crippen LogP contribution in [0.25, 0.3) is 0 Å². The van der Waals surface area contributed by atoms with Crippen molar-refractivity contribution in [2.24, 2.45) is 0 Å². The summed E-state index contributed by atoms with van der Waals surface area (Å²) in [6.07, 6.45) is 3.66. The molecule has 0 fully saturated rings. The summed E-state index contributed by atoms with van der Waals surface area (Å²) in [6.45, 7) is 4.93. The van der Waals surface area contributed by atoms with Gasteiger partial charge in [-0.1, -0.05) is 13.8 Å². The molecule has 1 aromatic heterocycles. The van der Waals surface area contributed by atoms with Crippen LogP contribution in [0.4, 0.5) is 5.82 Å². The minimum atomic E-state index is 0.109. The Kier molecular flexibility index (Phi) is 5.49. The van der Waals surface area contributed by atoms with Crippen molar-refractivity contribution < 1.29 is 5.11 Å². The zero-order valence-corrected chi connectivity index (χ0v) is 10.5. The van der Waals surface area contributed by atoms with Crippen LogP contribution in [-0.2, 0) is 0 Å². The number of nitrogens with zero attached hydrogens (tertiary/aromatic N) is 3. The lowest BCUT2D eigenvalue weighted by molar-refractivity contribution is 0.295. The first-order chi connectivity index (χ1) is 7.72. The van der Waals surface area contributed by atoms with Crippen LogP contribution in [0.2, 0.25) is 5.28 Å². The molecule has 1 N–H and O–H groups in total. The quantitative estimate of drug-likeness (QED) is 0.778. The summed E-state index contributed by atoms with van der Waals surface area (Å²) < 4.78 is 0. The minimum absolute atomic E-state index is 0.109. The van der Waals surface area contributed by atoms with Crippen LogP contribution in [-0.4, -0.2) is 34.3 Å². The zero-order valence-electron chi connectivity index (χ0n) is 9.73. The summed E-state index contributed by atoms with van der Waals surface area (Å²) in [5.74, 6) is 0.780. The van der Waals surface area contributed by atoms with Gasteiger partial charge in [0.15, 0.2) is 0 Å². The Balaban J connectivity index is 2.91. The van der Waals surface area contributed by atoms with Crippen LogP contribution in [0.15, 0.2) is 12.3 Å². The molecule has 0 unspecified atom stereocenters. The third-order valence-electron chi connectivity index (χ3n) is 2.63. The Morgan fingerprint density at radius 1 is 1.44 bits per heavy atom. The van der Waals surface area contributed by atoms with Gasteiger partial charge >= 0.3 is 0 Å². The lowest BCUT2D eigenvalue weighted by atomic mass is 10.1. The molecule has 0 aliphatic heterocycles. The van der Waals surface area contributed by atoms with E-state index in [1.165, 1.54) is 0 Å². The third-order valence-corrected chi connectivity index (χ3v) is 2.81. The van der Waals surface area contributed by atoms with Crippen molar-refractivity contribution in [1.82, 2.24) is 9.97 Å². The van der Waals surface area contributed by atoms with Crippen LogP contribution < -0.4 is 4.90 Å². The van der Waals surface area contributed by atoms with Gasteiger partial charge in [0.1, 0.15) is 5.82 Å². The van der Waals surface area contributed by atoms with Crippen LogP contribution in [0.3, 0.4) is 0 Å². The number of halogens is 1. The maximum absolute atomic E-state index is 9.09. The molecule has 5 heteroatoms. The van der Waals surface area contributed by atoms with Gasteiger partial charge in [-0.3, -0.25) is 0 Å². The Bertz CT molecular complexity index is 318. The van der Waals surface area contributed by atoms with Crippen molar-refractivity contribution >= 4 is 17.4 Å². The van der Waals surface area contributed by atoms with Gasteiger partial charge in [0.05, 0.1) is 6.61 Å². The molecule has 1 heterocycles. The van der Waals surface area contributed by atoms with Gasteiger partial charge in [0.2, 0.25) is 5.28 Å². The van der Waals surface area contributed by atoms with Gasteiger partial charge < -0.3 is 10.0 Å². The van der Waals surface area contributed by atoms with Crippen molar-refractivity contribution in [1.29, 1.82) is 0 Å². The highest BCUT2D eigenvalue weighted by molar-refractivity contribution is 6.28. The maximum Gasteiger partial charge on any atom is 0.224 e. The molecule has 1 aromatic rings. The summed E-state index contributed by atoms with van der Waals surface area (Å²) in [7, 11) is 0. The topological polar surface area (TPSA) is 49.2 Å². The molecular weight excluding hydrogens is 226 g/mol. The van der Waals surface area contributed by atoms with E-state index in [-0.39, 0.29) is 11.9 Å². The Morgan fingerprint density at radius 3 is 2.62 bits per heavy atom. The minimum Gasteiger partial charge on any atom is -0.395 e. The predicted molar refractivity (Wildman–Crippen MR) is 65.8 cm³/mol. The highest BCUT2D eigenvalue weighted by Crippen LogP contribution is 2.18. The lowest BCUT2D eigenvalue weighted by Gasteiger charge is -2.30. The van der Waals surface area contributed by atoms with E-state index in [0.717, 1.165) is 18.7 Å². The molecule has 0 spiro atoms. The predicted octanol–water partition coefficient (Wildman–Crippen LogP) is 2.12. The molecule has 0 aliphatic rings. The van der Waals surface area contributed by atoms with E-state index >= 15 is 0 Å². The van der Waals surface area contributed by atoms with Crippen molar-refractivity contribution in [3.8, 4) is 0 Å². The van der Waals surface area contributed by atoms with E-state index in [0.29, 0.717) is 12.6 Å². The second kappa shape index (κ2) is 6.66. The fourth-order valence-corrected chi connectivity index (χ4v) is 1.95. The fraction of sp³-hybridized carbons (Fsp3) is 0.636. The van der Waals surface area contributed by atoms with Crippen molar-refractivity contribution in [2.75, 3.05) is 18.1 Å². The number of hydrogen-bond acceptors (Lipinski definition) is 4. The number of aliphatic hydroxyl groups excluding tert-OH is 1. The molecule has 0 aliphatic carbocycles. The van der Waals surface area contributed by atoms with Crippen LogP contribution in [0.1, 0.15) is 26.7 Å². The molecule has 0 saturated carbocycles. The van der Waals surface area contributed by atoms with Gasteiger partial charge in [-0.2, -0.15) is 0 Å². The summed E-state index contributed by atoms with van der Waals surface area (Å²) in [5, 5.41) is 9.33. The maximum atomic E-state index is 9.09. The highest BCUT2D eigenvalue weighted by atomic mass is 35.5. The van der Waals surface area contributed by atoms with E-state index in [9.17, 15) is 0 Å². The highest BCUT2D eigenvalue weighted by Gasteiger charge is 2.16. The molecule has 0 atom stereocenters. The van der Waals surface area contributed by atoms with E-state index in [2.05, 4.69) is 28.7 Å². The van der Waals surface area contributed by atoms with Gasteiger partial charge in [0.25, 0.3) is 0 Å². The first-order valence-corrected chi connectivity index (χ1v) is 5.96. The molecule has 0 bridgehead atoms. The van der Waals surface area contributed by atoms with Crippen molar-refractivity contribution in [3.63, 3.8) is 0 Å². The van der Waals surface area contributed by atoms with Gasteiger partial charge in [-0.05, 0) is 30.5 Å². The first-order valence-electron chi connectivity index (χ1n) is 5.58. The van der Waals surface area contributed by atoms with Crippen LogP contribution in [0.5, 0.6) is 0 Å². The van der Waals surface area contributed by atoms with E-state index in [1.807, 2.05) is 6.07 Å². The van der Waals surface area contributed by atoms with Gasteiger partial charge in [-0.25, -0.2) is 9.97 Å². The largest absolute Gasteiger partial charge is 0.395 e. The third kappa shape index (κ3) is 3.32. The van der Waals surface area contributed by atoms with E-state index < -0.39 is 0 Å². The molecule has 90 valence electrons. The molecule has 0 aromatic carbocycles. The Hall–Kier alpha value is -0.870. The second-order valence-corrected chi connectivity index (χ2v) is 3.91. The monoisotopic (exact) mass is 243 g/mol. The first kappa shape index (κ1) is 13.2. The summed E-state index contributed by atoms with van der Waals surface area (Å²) in [5.41, 5.74) is 0. The van der Waals surface area contributed by atoms with Gasteiger partial charge in [-0.15, -0.1) is 0 Å².